The van der Waals surface area contributed by atoms with Crippen LogP contribution in [0.15, 0.2) is 6.20 Å². The van der Waals surface area contributed by atoms with E-state index in [1.165, 1.54) is 5.56 Å². The predicted molar refractivity (Wildman–Crippen MR) is 77.1 cm³/mol. The SMILES string of the molecule is CC(C)(C)[C@H](N)C(=O)NC1CCCc2cn[nH]c21.Cl. The summed E-state index contributed by atoms with van der Waals surface area (Å²) < 4.78 is 0. The van der Waals surface area contributed by atoms with Crippen LogP contribution in [0.4, 0.5) is 0 Å². The minimum Gasteiger partial charge on any atom is -0.346 e. The number of hydrogen-bond donors (Lipinski definition) is 3. The van der Waals surface area contributed by atoms with Crippen LogP contribution in [0.3, 0.4) is 0 Å². The lowest BCUT2D eigenvalue weighted by Gasteiger charge is -2.29. The fourth-order valence-corrected chi connectivity index (χ4v) is 2.26. The maximum Gasteiger partial charge on any atom is 0.237 e. The number of rotatable bonds is 2. The zero-order valence-corrected chi connectivity index (χ0v) is 12.5. The van der Waals surface area contributed by atoms with Gasteiger partial charge in [0.1, 0.15) is 0 Å². The monoisotopic (exact) mass is 286 g/mol. The van der Waals surface area contributed by atoms with Gasteiger partial charge in [0.05, 0.1) is 24.0 Å². The van der Waals surface area contributed by atoms with Crippen LogP contribution in [0.5, 0.6) is 0 Å². The molecule has 1 aliphatic carbocycles. The Morgan fingerprint density at radius 2 is 2.26 bits per heavy atom. The van der Waals surface area contributed by atoms with E-state index >= 15 is 0 Å². The number of carbonyl (C=O) groups excluding carboxylic acids is 1. The summed E-state index contributed by atoms with van der Waals surface area (Å²) in [6.45, 7) is 5.92. The van der Waals surface area contributed by atoms with Crippen LogP contribution in [0.1, 0.15) is 50.9 Å². The molecule has 0 saturated heterocycles. The van der Waals surface area contributed by atoms with Crippen molar-refractivity contribution in [3.05, 3.63) is 17.5 Å². The first-order chi connectivity index (χ1) is 8.39. The van der Waals surface area contributed by atoms with E-state index in [0.717, 1.165) is 25.0 Å². The van der Waals surface area contributed by atoms with Gasteiger partial charge >= 0.3 is 0 Å². The Morgan fingerprint density at radius 1 is 1.58 bits per heavy atom. The number of aromatic amines is 1. The van der Waals surface area contributed by atoms with E-state index in [2.05, 4.69) is 15.5 Å². The molecule has 0 aliphatic heterocycles. The van der Waals surface area contributed by atoms with Crippen LogP contribution < -0.4 is 11.1 Å². The molecule has 6 heteroatoms. The normalized spacial score (nSPS) is 20.1. The Kier molecular flexibility index (Phi) is 4.98. The van der Waals surface area contributed by atoms with Crippen molar-refractivity contribution >= 4 is 18.3 Å². The Morgan fingerprint density at radius 3 is 2.89 bits per heavy atom. The second-order valence-corrected chi connectivity index (χ2v) is 6.11. The van der Waals surface area contributed by atoms with Gasteiger partial charge in [-0.25, -0.2) is 0 Å². The Labute approximate surface area is 120 Å². The van der Waals surface area contributed by atoms with Crippen molar-refractivity contribution < 1.29 is 4.79 Å². The second-order valence-electron chi connectivity index (χ2n) is 6.11. The molecule has 108 valence electrons. The first-order valence-corrected chi connectivity index (χ1v) is 6.47. The quantitative estimate of drug-likeness (QED) is 0.774. The molecule has 2 atom stereocenters. The highest BCUT2D eigenvalue weighted by molar-refractivity contribution is 5.85. The Balaban J connectivity index is 0.00000180. The molecule has 1 aliphatic rings. The van der Waals surface area contributed by atoms with E-state index in [9.17, 15) is 4.79 Å². The van der Waals surface area contributed by atoms with Gasteiger partial charge in [0.2, 0.25) is 5.91 Å². The molecule has 0 bridgehead atoms. The summed E-state index contributed by atoms with van der Waals surface area (Å²) in [4.78, 5) is 12.1. The molecule has 1 unspecified atom stereocenters. The molecule has 1 aromatic heterocycles. The number of amides is 1. The van der Waals surface area contributed by atoms with E-state index < -0.39 is 6.04 Å². The smallest absolute Gasteiger partial charge is 0.237 e. The highest BCUT2D eigenvalue weighted by atomic mass is 35.5. The third-order valence-corrected chi connectivity index (χ3v) is 3.57. The van der Waals surface area contributed by atoms with E-state index in [1.807, 2.05) is 27.0 Å². The van der Waals surface area contributed by atoms with E-state index in [-0.39, 0.29) is 29.8 Å². The van der Waals surface area contributed by atoms with Gasteiger partial charge in [-0.3, -0.25) is 9.89 Å². The van der Waals surface area contributed by atoms with Gasteiger partial charge in [-0.15, -0.1) is 12.4 Å². The molecule has 0 spiro atoms. The largest absolute Gasteiger partial charge is 0.346 e. The number of aromatic nitrogens is 2. The number of aryl methyl sites for hydroxylation is 1. The first kappa shape index (κ1) is 16.0. The van der Waals surface area contributed by atoms with Crippen molar-refractivity contribution in [2.75, 3.05) is 0 Å². The highest BCUT2D eigenvalue weighted by Crippen LogP contribution is 2.28. The van der Waals surface area contributed by atoms with Gasteiger partial charge in [-0.05, 0) is 30.2 Å². The van der Waals surface area contributed by atoms with Crippen molar-refractivity contribution in [2.45, 2.75) is 52.1 Å². The van der Waals surface area contributed by atoms with E-state index in [4.69, 9.17) is 5.73 Å². The third kappa shape index (κ3) is 3.48. The average Bonchev–Trinajstić information content (AvgIpc) is 2.75. The number of hydrogen-bond acceptors (Lipinski definition) is 3. The number of nitrogens with one attached hydrogen (secondary N) is 2. The molecule has 0 fully saturated rings. The molecular formula is C13H23ClN4O. The summed E-state index contributed by atoms with van der Waals surface area (Å²) in [5.41, 5.74) is 7.98. The van der Waals surface area contributed by atoms with Crippen LogP contribution >= 0.6 is 12.4 Å². The molecule has 2 rings (SSSR count). The van der Waals surface area contributed by atoms with Crippen LogP contribution in [-0.2, 0) is 11.2 Å². The minimum absolute atomic E-state index is 0. The number of H-pyrrole nitrogens is 1. The molecule has 0 aromatic carbocycles. The van der Waals surface area contributed by atoms with Crippen LogP contribution in [0, 0.1) is 5.41 Å². The fraction of sp³-hybridized carbons (Fsp3) is 0.692. The summed E-state index contributed by atoms with van der Waals surface area (Å²) in [6.07, 6.45) is 4.89. The highest BCUT2D eigenvalue weighted by Gasteiger charge is 2.31. The second kappa shape index (κ2) is 5.92. The van der Waals surface area contributed by atoms with Crippen LogP contribution in [0.25, 0.3) is 0 Å². The standard InChI is InChI=1S/C13H22N4O.ClH/c1-13(2,3)11(14)12(18)16-9-6-4-5-8-7-15-17-10(8)9;/h7,9,11H,4-6,14H2,1-3H3,(H,15,17)(H,16,18);1H/t9?,11-;/m1./s1. The molecule has 5 nitrogen and oxygen atoms in total. The van der Waals surface area contributed by atoms with E-state index in [1.54, 1.807) is 0 Å². The van der Waals surface area contributed by atoms with Gasteiger partial charge < -0.3 is 11.1 Å². The molecule has 0 saturated carbocycles. The summed E-state index contributed by atoms with van der Waals surface area (Å²) >= 11 is 0. The average molecular weight is 287 g/mol. The summed E-state index contributed by atoms with van der Waals surface area (Å²) in [6, 6.07) is -0.469. The van der Waals surface area contributed by atoms with Gasteiger partial charge in [0.25, 0.3) is 0 Å². The summed E-state index contributed by atoms with van der Waals surface area (Å²) in [5.74, 6) is -0.0880. The van der Waals surface area contributed by atoms with Gasteiger partial charge in [0.15, 0.2) is 0 Å². The molecule has 1 aromatic rings. The number of nitrogens with zero attached hydrogens (tertiary/aromatic N) is 1. The number of nitrogens with two attached hydrogens (primary N) is 1. The zero-order valence-electron chi connectivity index (χ0n) is 11.7. The lowest BCUT2D eigenvalue weighted by molar-refractivity contribution is -0.125. The van der Waals surface area contributed by atoms with Crippen molar-refractivity contribution in [2.24, 2.45) is 11.1 Å². The molecule has 1 heterocycles. The number of carbonyl (C=O) groups is 1. The van der Waals surface area contributed by atoms with Crippen molar-refractivity contribution in [1.82, 2.24) is 15.5 Å². The topological polar surface area (TPSA) is 83.8 Å². The van der Waals surface area contributed by atoms with Gasteiger partial charge in [-0.2, -0.15) is 5.10 Å². The summed E-state index contributed by atoms with van der Waals surface area (Å²) in [7, 11) is 0. The Hall–Kier alpha value is -1.07. The van der Waals surface area contributed by atoms with Crippen molar-refractivity contribution in [3.8, 4) is 0 Å². The Bertz CT molecular complexity index is 438. The molecular weight excluding hydrogens is 264 g/mol. The maximum atomic E-state index is 12.1. The minimum atomic E-state index is -0.495. The van der Waals surface area contributed by atoms with Crippen LogP contribution in [0.2, 0.25) is 0 Å². The van der Waals surface area contributed by atoms with E-state index in [0.29, 0.717) is 0 Å². The van der Waals surface area contributed by atoms with Crippen molar-refractivity contribution in [3.63, 3.8) is 0 Å². The number of halogens is 1. The zero-order chi connectivity index (χ0) is 13.3. The van der Waals surface area contributed by atoms with Gasteiger partial charge in [0, 0.05) is 0 Å². The molecule has 4 N–H and O–H groups in total. The lowest BCUT2D eigenvalue weighted by Crippen LogP contribution is -2.49. The van der Waals surface area contributed by atoms with Crippen LogP contribution in [-0.4, -0.2) is 22.1 Å². The molecule has 19 heavy (non-hydrogen) atoms. The maximum absolute atomic E-state index is 12.1. The third-order valence-electron chi connectivity index (χ3n) is 3.57. The molecule has 0 radical (unpaired) electrons. The fourth-order valence-electron chi connectivity index (χ4n) is 2.26. The lowest BCUT2D eigenvalue weighted by atomic mass is 9.86. The first-order valence-electron chi connectivity index (χ1n) is 6.47. The molecule has 1 amide bonds. The van der Waals surface area contributed by atoms with Crippen molar-refractivity contribution in [1.29, 1.82) is 0 Å². The predicted octanol–water partition coefficient (Wildman–Crippen LogP) is 1.70. The number of fused-ring (bicyclic) bond motifs is 1. The van der Waals surface area contributed by atoms with Gasteiger partial charge in [-0.1, -0.05) is 20.8 Å². The summed E-state index contributed by atoms with van der Waals surface area (Å²) in [5, 5.41) is 10.1.